The lowest BCUT2D eigenvalue weighted by Crippen LogP contribution is -2.74. The SMILES string of the molecule is CC(C)(C)c1ccc2c(c1)c1cc(C(C)(C)C)ccc1n2-c1ccc([Si](c2ccccc2)(c2ccccc2)c2ccc(-n3c4ccc(C(C)(C)C)cc4c4cc(C(C)(C)C)ccc43)cc2)cc1. The average Bonchev–Trinajstić information content (AvgIpc) is 3.81. The molecule has 336 valence electrons. The Bertz CT molecular complexity index is 3070. The highest BCUT2D eigenvalue weighted by Gasteiger charge is 2.41. The van der Waals surface area contributed by atoms with E-state index in [1.165, 1.54) is 98.0 Å². The van der Waals surface area contributed by atoms with Crippen LogP contribution in [-0.2, 0) is 21.7 Å². The number of rotatable bonds is 6. The summed E-state index contributed by atoms with van der Waals surface area (Å²) < 4.78 is 4.97. The second-order valence-corrected chi connectivity index (χ2v) is 27.0. The second kappa shape index (κ2) is 15.8. The number of aromatic nitrogens is 2. The molecule has 10 aromatic rings. The molecular weight excluding hydrogens is 825 g/mol. The van der Waals surface area contributed by atoms with Crippen molar-refractivity contribution >= 4 is 72.4 Å². The van der Waals surface area contributed by atoms with Crippen molar-refractivity contribution in [3.63, 3.8) is 0 Å². The maximum Gasteiger partial charge on any atom is 0.179 e. The molecule has 67 heavy (non-hydrogen) atoms. The van der Waals surface area contributed by atoms with Crippen molar-refractivity contribution in [2.45, 2.75) is 105 Å². The first-order chi connectivity index (χ1) is 31.7. The smallest absolute Gasteiger partial charge is 0.179 e. The van der Waals surface area contributed by atoms with Gasteiger partial charge in [-0.25, -0.2) is 0 Å². The number of hydrogen-bond acceptors (Lipinski definition) is 0. The molecule has 0 aliphatic heterocycles. The Morgan fingerprint density at radius 1 is 0.269 bits per heavy atom. The molecule has 2 nitrogen and oxygen atoms in total. The molecule has 0 amide bonds. The summed E-state index contributed by atoms with van der Waals surface area (Å²) in [4.78, 5) is 0. The fraction of sp³-hybridized carbons (Fsp3) is 0.250. The van der Waals surface area contributed by atoms with Gasteiger partial charge in [-0.05, 0) is 137 Å². The quantitative estimate of drug-likeness (QED) is 0.116. The van der Waals surface area contributed by atoms with Crippen LogP contribution in [0.15, 0.2) is 182 Å². The second-order valence-electron chi connectivity index (χ2n) is 23.2. The highest BCUT2D eigenvalue weighted by atomic mass is 28.3. The van der Waals surface area contributed by atoms with E-state index in [1.807, 2.05) is 0 Å². The number of nitrogens with zero attached hydrogens (tertiary/aromatic N) is 2. The number of benzene rings is 8. The van der Waals surface area contributed by atoms with Crippen molar-refractivity contribution < 1.29 is 0 Å². The maximum atomic E-state index is 2.48. The summed E-state index contributed by atoms with van der Waals surface area (Å²) >= 11 is 0. The zero-order chi connectivity index (χ0) is 47.3. The van der Waals surface area contributed by atoms with Crippen LogP contribution in [0, 0.1) is 0 Å². The molecule has 3 heteroatoms. The standard InChI is InChI=1S/C64H66N2Si/c1-61(2,3)43-23-35-57-53(39-43)54-40-44(62(4,5)6)24-36-58(54)65(57)47-27-31-51(32-28-47)67(49-19-15-13-16-20-49,50-21-17-14-18-22-50)52-33-29-48(30-34-52)66-59-37-25-45(63(7,8)9)41-55(59)56-42-46(64(10,11)12)26-38-60(56)66/h13-42H,1-12H3. The highest BCUT2D eigenvalue weighted by Crippen LogP contribution is 2.39. The Hall–Kier alpha value is -6.42. The van der Waals surface area contributed by atoms with Gasteiger partial charge in [0.15, 0.2) is 8.07 Å². The van der Waals surface area contributed by atoms with Crippen LogP contribution >= 0.6 is 0 Å². The molecule has 8 aromatic carbocycles. The zero-order valence-electron chi connectivity index (χ0n) is 41.7. The van der Waals surface area contributed by atoms with Crippen molar-refractivity contribution in [2.24, 2.45) is 0 Å². The molecule has 10 rings (SSSR count). The first kappa shape index (κ1) is 44.4. The maximum absolute atomic E-state index is 2.86. The van der Waals surface area contributed by atoms with Crippen LogP contribution in [0.25, 0.3) is 55.0 Å². The lowest BCUT2D eigenvalue weighted by molar-refractivity contribution is 0.590. The van der Waals surface area contributed by atoms with E-state index in [0.29, 0.717) is 0 Å². The van der Waals surface area contributed by atoms with E-state index >= 15 is 0 Å². The Balaban J connectivity index is 1.17. The minimum Gasteiger partial charge on any atom is -0.309 e. The Morgan fingerprint density at radius 2 is 0.507 bits per heavy atom. The van der Waals surface area contributed by atoms with E-state index in [1.54, 1.807) is 0 Å². The first-order valence-electron chi connectivity index (χ1n) is 24.3. The molecule has 0 saturated carbocycles. The number of fused-ring (bicyclic) bond motifs is 6. The molecule has 0 saturated heterocycles. The number of hydrogen-bond donors (Lipinski definition) is 0. The summed E-state index contributed by atoms with van der Waals surface area (Å²) in [6.07, 6.45) is 0. The van der Waals surface area contributed by atoms with Crippen molar-refractivity contribution in [1.29, 1.82) is 0 Å². The van der Waals surface area contributed by atoms with Crippen molar-refractivity contribution in [3.8, 4) is 11.4 Å². The molecule has 2 aromatic heterocycles. The molecule has 0 aliphatic rings. The van der Waals surface area contributed by atoms with Gasteiger partial charge < -0.3 is 9.13 Å². The monoisotopic (exact) mass is 890 g/mol. The molecule has 0 atom stereocenters. The Labute approximate surface area is 400 Å². The predicted octanol–water partition coefficient (Wildman–Crippen LogP) is 14.4. The van der Waals surface area contributed by atoms with Crippen LogP contribution in [0.2, 0.25) is 0 Å². The minimum atomic E-state index is -2.86. The van der Waals surface area contributed by atoms with Crippen LogP contribution in [0.4, 0.5) is 0 Å². The van der Waals surface area contributed by atoms with E-state index in [4.69, 9.17) is 0 Å². The molecule has 0 radical (unpaired) electrons. The van der Waals surface area contributed by atoms with Crippen LogP contribution in [0.1, 0.15) is 105 Å². The largest absolute Gasteiger partial charge is 0.309 e. The normalized spacial score (nSPS) is 13.1. The van der Waals surface area contributed by atoms with Crippen LogP contribution in [0.3, 0.4) is 0 Å². The van der Waals surface area contributed by atoms with Gasteiger partial charge in [-0.2, -0.15) is 0 Å². The third-order valence-corrected chi connectivity index (χ3v) is 19.3. The zero-order valence-corrected chi connectivity index (χ0v) is 42.7. The van der Waals surface area contributed by atoms with Gasteiger partial charge in [-0.15, -0.1) is 0 Å². The summed E-state index contributed by atoms with van der Waals surface area (Å²) in [6, 6.07) is 70.3. The van der Waals surface area contributed by atoms with Crippen LogP contribution in [-0.4, -0.2) is 17.2 Å². The third kappa shape index (κ3) is 7.57. The summed E-state index contributed by atoms with van der Waals surface area (Å²) in [6.45, 7) is 27.7. The molecule has 0 bridgehead atoms. The van der Waals surface area contributed by atoms with Crippen LogP contribution in [0.5, 0.6) is 0 Å². The van der Waals surface area contributed by atoms with Gasteiger partial charge in [0.25, 0.3) is 0 Å². The van der Waals surface area contributed by atoms with Gasteiger partial charge >= 0.3 is 0 Å². The third-order valence-electron chi connectivity index (χ3n) is 14.5. The molecule has 2 heterocycles. The van der Waals surface area contributed by atoms with E-state index in [2.05, 4.69) is 274 Å². The van der Waals surface area contributed by atoms with Crippen molar-refractivity contribution in [1.82, 2.24) is 9.13 Å². The predicted molar refractivity (Wildman–Crippen MR) is 294 cm³/mol. The van der Waals surface area contributed by atoms with E-state index in [9.17, 15) is 0 Å². The van der Waals surface area contributed by atoms with Crippen molar-refractivity contribution in [2.75, 3.05) is 0 Å². The van der Waals surface area contributed by atoms with Gasteiger partial charge in [0.1, 0.15) is 0 Å². The molecular formula is C64H66N2Si. The molecule has 0 N–H and O–H groups in total. The summed E-state index contributed by atoms with van der Waals surface area (Å²) in [7, 11) is -2.86. The molecule has 0 unspecified atom stereocenters. The van der Waals surface area contributed by atoms with E-state index < -0.39 is 8.07 Å². The molecule has 0 fully saturated rings. The van der Waals surface area contributed by atoms with Gasteiger partial charge in [0, 0.05) is 32.9 Å². The first-order valence-corrected chi connectivity index (χ1v) is 26.3. The summed E-state index contributed by atoms with van der Waals surface area (Å²) in [5, 5.41) is 10.7. The fourth-order valence-corrected chi connectivity index (χ4v) is 15.3. The highest BCUT2D eigenvalue weighted by molar-refractivity contribution is 7.19. The van der Waals surface area contributed by atoms with Gasteiger partial charge in [0.2, 0.25) is 0 Å². The lowest BCUT2D eigenvalue weighted by atomic mass is 9.85. The van der Waals surface area contributed by atoms with E-state index in [0.717, 1.165) is 0 Å². The topological polar surface area (TPSA) is 9.86 Å². The Kier molecular flexibility index (Phi) is 10.5. The molecule has 0 spiro atoms. The lowest BCUT2D eigenvalue weighted by Gasteiger charge is -2.34. The molecule has 0 aliphatic carbocycles. The van der Waals surface area contributed by atoms with Crippen LogP contribution < -0.4 is 20.7 Å². The summed E-state index contributed by atoms with van der Waals surface area (Å²) in [5.74, 6) is 0. The Morgan fingerprint density at radius 3 is 0.746 bits per heavy atom. The fourth-order valence-electron chi connectivity index (χ4n) is 10.6. The van der Waals surface area contributed by atoms with E-state index in [-0.39, 0.29) is 21.7 Å². The van der Waals surface area contributed by atoms with Gasteiger partial charge in [0.05, 0.1) is 22.1 Å². The minimum absolute atomic E-state index is 0.0443. The van der Waals surface area contributed by atoms with Crippen molar-refractivity contribution in [3.05, 3.63) is 204 Å². The van der Waals surface area contributed by atoms with Gasteiger partial charge in [-0.3, -0.25) is 0 Å². The summed E-state index contributed by atoms with van der Waals surface area (Å²) in [5.41, 5.74) is 12.9. The van der Waals surface area contributed by atoms with Gasteiger partial charge in [-0.1, -0.05) is 192 Å². The average molecular weight is 891 g/mol.